The molecule has 0 aromatic heterocycles. The van der Waals surface area contributed by atoms with E-state index in [1.165, 1.54) is 12.8 Å². The van der Waals surface area contributed by atoms with Gasteiger partial charge >= 0.3 is 5.97 Å². The molecule has 0 unspecified atom stereocenters. The highest BCUT2D eigenvalue weighted by Gasteiger charge is 2.14. The van der Waals surface area contributed by atoms with Gasteiger partial charge in [0.2, 0.25) is 0 Å². The Hall–Kier alpha value is -0.690. The van der Waals surface area contributed by atoms with Crippen LogP contribution in [0, 0.1) is 5.92 Å². The summed E-state index contributed by atoms with van der Waals surface area (Å²) in [6.45, 7) is 5.10. The zero-order chi connectivity index (χ0) is 15.2. The average molecular weight is 303 g/mol. The Morgan fingerprint density at radius 2 is 1.62 bits per heavy atom. The molecule has 0 amide bonds. The van der Waals surface area contributed by atoms with Crippen LogP contribution in [0.2, 0.25) is 0 Å². The summed E-state index contributed by atoms with van der Waals surface area (Å²) in [7, 11) is 1.64. The molecule has 0 aliphatic carbocycles. The quantitative estimate of drug-likeness (QED) is 0.428. The summed E-state index contributed by atoms with van der Waals surface area (Å²) in [6, 6.07) is 0. The number of nitrogens with one attached hydrogen (secondary N) is 1. The van der Waals surface area contributed by atoms with Crippen molar-refractivity contribution in [2.45, 2.75) is 25.7 Å². The molecule has 1 heterocycles. The number of ether oxygens (including phenoxy) is 4. The first-order valence-electron chi connectivity index (χ1n) is 7.83. The normalized spacial score (nSPS) is 16.0. The fraction of sp³-hybridized carbons (Fsp3) is 0.933. The molecule has 0 radical (unpaired) electrons. The van der Waals surface area contributed by atoms with Crippen LogP contribution in [0.25, 0.3) is 0 Å². The fourth-order valence-corrected chi connectivity index (χ4v) is 2.24. The number of hydrogen-bond acceptors (Lipinski definition) is 6. The van der Waals surface area contributed by atoms with Gasteiger partial charge in [0.25, 0.3) is 0 Å². The van der Waals surface area contributed by atoms with Crippen LogP contribution < -0.4 is 5.32 Å². The van der Waals surface area contributed by atoms with Gasteiger partial charge in [0.05, 0.1) is 33.0 Å². The summed E-state index contributed by atoms with van der Waals surface area (Å²) in [4.78, 5) is 11.6. The molecule has 0 bridgehead atoms. The average Bonchev–Trinajstić information content (AvgIpc) is 2.52. The van der Waals surface area contributed by atoms with Gasteiger partial charge in [-0.1, -0.05) is 0 Å². The SMILES string of the molecule is COCCOCCOCCOC(=O)CCC1CCNCC1. The fourth-order valence-electron chi connectivity index (χ4n) is 2.24. The van der Waals surface area contributed by atoms with E-state index in [0.717, 1.165) is 19.5 Å². The number of carbonyl (C=O) groups is 1. The summed E-state index contributed by atoms with van der Waals surface area (Å²) in [5.41, 5.74) is 0. The van der Waals surface area contributed by atoms with Crippen molar-refractivity contribution in [3.05, 3.63) is 0 Å². The third-order valence-corrected chi connectivity index (χ3v) is 3.51. The van der Waals surface area contributed by atoms with E-state index in [2.05, 4.69) is 5.32 Å². The lowest BCUT2D eigenvalue weighted by Crippen LogP contribution is -2.28. The third kappa shape index (κ3) is 10.6. The zero-order valence-electron chi connectivity index (χ0n) is 13.1. The van der Waals surface area contributed by atoms with Crippen LogP contribution in [0.5, 0.6) is 0 Å². The van der Waals surface area contributed by atoms with Crippen LogP contribution >= 0.6 is 0 Å². The van der Waals surface area contributed by atoms with Crippen LogP contribution in [0.4, 0.5) is 0 Å². The molecule has 6 heteroatoms. The molecule has 0 spiro atoms. The maximum absolute atomic E-state index is 11.6. The molecule has 1 aliphatic heterocycles. The Labute approximate surface area is 127 Å². The van der Waals surface area contributed by atoms with Gasteiger partial charge in [0.1, 0.15) is 6.61 Å². The second-order valence-corrected chi connectivity index (χ2v) is 5.17. The summed E-state index contributed by atoms with van der Waals surface area (Å²) < 4.78 is 20.5. The lowest BCUT2D eigenvalue weighted by atomic mass is 9.93. The molecule has 0 aromatic carbocycles. The Morgan fingerprint density at radius 1 is 1.00 bits per heavy atom. The van der Waals surface area contributed by atoms with Crippen LogP contribution in [0.3, 0.4) is 0 Å². The van der Waals surface area contributed by atoms with E-state index in [9.17, 15) is 4.79 Å². The van der Waals surface area contributed by atoms with Gasteiger partial charge in [0, 0.05) is 13.5 Å². The number of esters is 1. The van der Waals surface area contributed by atoms with E-state index in [-0.39, 0.29) is 5.97 Å². The highest BCUT2D eigenvalue weighted by Crippen LogP contribution is 2.17. The van der Waals surface area contributed by atoms with Gasteiger partial charge in [0.15, 0.2) is 0 Å². The molecule has 6 nitrogen and oxygen atoms in total. The molecule has 1 rings (SSSR count). The molecule has 1 aliphatic rings. The molecule has 0 saturated carbocycles. The van der Waals surface area contributed by atoms with Gasteiger partial charge in [-0.25, -0.2) is 0 Å². The van der Waals surface area contributed by atoms with Gasteiger partial charge in [-0.2, -0.15) is 0 Å². The molecule has 1 fully saturated rings. The molecule has 21 heavy (non-hydrogen) atoms. The largest absolute Gasteiger partial charge is 0.463 e. The number of rotatable bonds is 12. The number of methoxy groups -OCH3 is 1. The van der Waals surface area contributed by atoms with Crippen molar-refractivity contribution >= 4 is 5.97 Å². The monoisotopic (exact) mass is 303 g/mol. The molecule has 0 atom stereocenters. The van der Waals surface area contributed by atoms with Crippen molar-refractivity contribution < 1.29 is 23.7 Å². The Morgan fingerprint density at radius 3 is 2.29 bits per heavy atom. The summed E-state index contributed by atoms with van der Waals surface area (Å²) >= 11 is 0. The lowest BCUT2D eigenvalue weighted by molar-refractivity contribution is -0.145. The summed E-state index contributed by atoms with van der Waals surface area (Å²) in [5.74, 6) is 0.549. The highest BCUT2D eigenvalue weighted by atomic mass is 16.6. The molecule has 1 saturated heterocycles. The van der Waals surface area contributed by atoms with Crippen molar-refractivity contribution in [3.8, 4) is 0 Å². The first kappa shape index (κ1) is 18.4. The molecular formula is C15H29NO5. The van der Waals surface area contributed by atoms with Crippen LogP contribution in [-0.2, 0) is 23.7 Å². The van der Waals surface area contributed by atoms with Crippen molar-refractivity contribution in [1.82, 2.24) is 5.32 Å². The topological polar surface area (TPSA) is 66.0 Å². The first-order chi connectivity index (χ1) is 10.3. The van der Waals surface area contributed by atoms with Crippen LogP contribution in [0.1, 0.15) is 25.7 Å². The van der Waals surface area contributed by atoms with Crippen LogP contribution in [0.15, 0.2) is 0 Å². The maximum Gasteiger partial charge on any atom is 0.305 e. The minimum Gasteiger partial charge on any atom is -0.463 e. The predicted molar refractivity (Wildman–Crippen MR) is 79.3 cm³/mol. The van der Waals surface area contributed by atoms with Gasteiger partial charge in [-0.15, -0.1) is 0 Å². The second kappa shape index (κ2) is 13.0. The van der Waals surface area contributed by atoms with Gasteiger partial charge in [-0.05, 0) is 38.3 Å². The van der Waals surface area contributed by atoms with Crippen molar-refractivity contribution in [1.29, 1.82) is 0 Å². The van der Waals surface area contributed by atoms with Crippen LogP contribution in [-0.4, -0.2) is 65.8 Å². The minimum atomic E-state index is -0.117. The number of piperidine rings is 1. The summed E-state index contributed by atoms with van der Waals surface area (Å²) in [6.07, 6.45) is 3.79. The first-order valence-corrected chi connectivity index (χ1v) is 7.83. The van der Waals surface area contributed by atoms with Gasteiger partial charge < -0.3 is 24.3 Å². The van der Waals surface area contributed by atoms with Crippen molar-refractivity contribution in [2.75, 3.05) is 59.8 Å². The maximum atomic E-state index is 11.6. The van der Waals surface area contributed by atoms with Crippen molar-refractivity contribution in [2.24, 2.45) is 5.92 Å². The van der Waals surface area contributed by atoms with E-state index < -0.39 is 0 Å². The lowest BCUT2D eigenvalue weighted by Gasteiger charge is -2.21. The Kier molecular flexibility index (Phi) is 11.4. The van der Waals surface area contributed by atoms with Gasteiger partial charge in [-0.3, -0.25) is 4.79 Å². The minimum absolute atomic E-state index is 0.117. The smallest absolute Gasteiger partial charge is 0.305 e. The Balaban J connectivity index is 1.82. The Bertz CT molecular complexity index is 256. The second-order valence-electron chi connectivity index (χ2n) is 5.17. The third-order valence-electron chi connectivity index (χ3n) is 3.51. The van der Waals surface area contributed by atoms with E-state index >= 15 is 0 Å². The zero-order valence-corrected chi connectivity index (χ0v) is 13.1. The predicted octanol–water partition coefficient (Wildman–Crippen LogP) is 0.989. The number of carbonyl (C=O) groups excluding carboxylic acids is 1. The van der Waals surface area contributed by atoms with E-state index in [1.54, 1.807) is 7.11 Å². The van der Waals surface area contributed by atoms with E-state index in [0.29, 0.717) is 52.0 Å². The number of hydrogen-bond donors (Lipinski definition) is 1. The highest BCUT2D eigenvalue weighted by molar-refractivity contribution is 5.69. The standard InChI is InChI=1S/C15H29NO5/c1-18-8-9-19-10-11-20-12-13-21-15(17)3-2-14-4-6-16-7-5-14/h14,16H,2-13H2,1H3. The molecule has 1 N–H and O–H groups in total. The van der Waals surface area contributed by atoms with Crippen molar-refractivity contribution in [3.63, 3.8) is 0 Å². The molecule has 124 valence electrons. The van der Waals surface area contributed by atoms with E-state index in [4.69, 9.17) is 18.9 Å². The van der Waals surface area contributed by atoms with E-state index in [1.807, 2.05) is 0 Å². The molecule has 0 aromatic rings. The summed E-state index contributed by atoms with van der Waals surface area (Å²) in [5, 5.41) is 3.32. The molecular weight excluding hydrogens is 274 g/mol.